The topological polar surface area (TPSA) is 66.4 Å². The van der Waals surface area contributed by atoms with E-state index in [-0.39, 0.29) is 11.6 Å². The van der Waals surface area contributed by atoms with Gasteiger partial charge in [-0.25, -0.2) is 4.79 Å². The number of alkyl halides is 3. The first-order chi connectivity index (χ1) is 9.68. The number of amides is 1. The van der Waals surface area contributed by atoms with Crippen molar-refractivity contribution < 1.29 is 27.9 Å². The average molecular weight is 303 g/mol. The van der Waals surface area contributed by atoms with Crippen LogP contribution in [0.4, 0.5) is 18.9 Å². The molecule has 21 heavy (non-hydrogen) atoms. The van der Waals surface area contributed by atoms with Crippen LogP contribution in [-0.2, 0) is 11.0 Å². The first kappa shape index (κ1) is 17.0. The summed E-state index contributed by atoms with van der Waals surface area (Å²) < 4.78 is 38.2. The van der Waals surface area contributed by atoms with Crippen molar-refractivity contribution in [3.05, 3.63) is 29.3 Å². The first-order valence-electron chi connectivity index (χ1n) is 6.45. The van der Waals surface area contributed by atoms with Gasteiger partial charge >= 0.3 is 12.1 Å². The maximum Gasteiger partial charge on any atom is 0.416 e. The highest BCUT2D eigenvalue weighted by Crippen LogP contribution is 2.32. The number of carboxylic acid groups (broad SMARTS) is 1. The molecule has 1 aromatic carbocycles. The van der Waals surface area contributed by atoms with Crippen LogP contribution < -0.4 is 5.32 Å². The van der Waals surface area contributed by atoms with E-state index in [9.17, 15) is 22.8 Å². The normalized spacial score (nSPS) is 11.5. The summed E-state index contributed by atoms with van der Waals surface area (Å²) in [6.45, 7) is 3.59. The van der Waals surface area contributed by atoms with Crippen LogP contribution in [0.25, 0.3) is 0 Å². The molecule has 0 fully saturated rings. The van der Waals surface area contributed by atoms with Gasteiger partial charge in [-0.1, -0.05) is 13.8 Å². The van der Waals surface area contributed by atoms with Gasteiger partial charge in [0.2, 0.25) is 5.91 Å². The summed E-state index contributed by atoms with van der Waals surface area (Å²) in [6, 6.07) is 2.28. The van der Waals surface area contributed by atoms with Crippen molar-refractivity contribution in [2.45, 2.75) is 32.9 Å². The molecule has 0 bridgehead atoms. The molecule has 7 heteroatoms. The van der Waals surface area contributed by atoms with Gasteiger partial charge in [-0.15, -0.1) is 0 Å². The standard InChI is InChI=1S/C14H16F3NO3/c1-3-8(4-2)12(19)18-11-6-9(13(20)21)5-10(7-11)14(15,16)17/h5-8H,3-4H2,1-2H3,(H,18,19)(H,20,21). The van der Waals surface area contributed by atoms with Gasteiger partial charge < -0.3 is 10.4 Å². The van der Waals surface area contributed by atoms with E-state index < -0.39 is 29.2 Å². The van der Waals surface area contributed by atoms with E-state index in [4.69, 9.17) is 5.11 Å². The molecule has 0 unspecified atom stereocenters. The number of carbonyl (C=O) groups excluding carboxylic acids is 1. The molecule has 0 aliphatic rings. The number of carbonyl (C=O) groups is 2. The molecule has 0 aromatic heterocycles. The molecule has 2 N–H and O–H groups in total. The zero-order valence-corrected chi connectivity index (χ0v) is 11.6. The summed E-state index contributed by atoms with van der Waals surface area (Å²) >= 11 is 0. The smallest absolute Gasteiger partial charge is 0.416 e. The van der Waals surface area contributed by atoms with E-state index in [2.05, 4.69) is 5.32 Å². The molecule has 0 saturated carbocycles. The van der Waals surface area contributed by atoms with Gasteiger partial charge in [0.1, 0.15) is 0 Å². The Balaban J connectivity index is 3.15. The minimum absolute atomic E-state index is 0.167. The van der Waals surface area contributed by atoms with E-state index in [0.717, 1.165) is 12.1 Å². The molecule has 0 aliphatic carbocycles. The molecular weight excluding hydrogens is 287 g/mol. The Morgan fingerprint density at radius 2 is 1.76 bits per heavy atom. The van der Waals surface area contributed by atoms with Crippen LogP contribution in [0, 0.1) is 5.92 Å². The fraction of sp³-hybridized carbons (Fsp3) is 0.429. The van der Waals surface area contributed by atoms with E-state index >= 15 is 0 Å². The number of halogens is 3. The van der Waals surface area contributed by atoms with Gasteiger partial charge in [0.15, 0.2) is 0 Å². The van der Waals surface area contributed by atoms with Crippen LogP contribution in [0.3, 0.4) is 0 Å². The molecule has 4 nitrogen and oxygen atoms in total. The summed E-state index contributed by atoms with van der Waals surface area (Å²) in [5.74, 6) is -2.23. The highest BCUT2D eigenvalue weighted by atomic mass is 19.4. The van der Waals surface area contributed by atoms with E-state index in [1.807, 2.05) is 0 Å². The van der Waals surface area contributed by atoms with Crippen molar-refractivity contribution in [1.82, 2.24) is 0 Å². The van der Waals surface area contributed by atoms with Crippen molar-refractivity contribution in [2.75, 3.05) is 5.32 Å². The van der Waals surface area contributed by atoms with Crippen LogP contribution in [-0.4, -0.2) is 17.0 Å². The van der Waals surface area contributed by atoms with Gasteiger partial charge in [0.25, 0.3) is 0 Å². The Kier molecular flexibility index (Phi) is 5.34. The third kappa shape index (κ3) is 4.47. The van der Waals surface area contributed by atoms with E-state index in [0.29, 0.717) is 18.9 Å². The maximum absolute atomic E-state index is 12.7. The number of anilines is 1. The SMILES string of the molecule is CCC(CC)C(=O)Nc1cc(C(=O)O)cc(C(F)(F)F)c1. The molecule has 1 aromatic rings. The Labute approximate surface area is 120 Å². The summed E-state index contributed by atoms with van der Waals surface area (Å²) in [5, 5.41) is 11.2. The highest BCUT2D eigenvalue weighted by molar-refractivity contribution is 5.95. The second-order valence-electron chi connectivity index (χ2n) is 4.60. The lowest BCUT2D eigenvalue weighted by Crippen LogP contribution is -2.22. The van der Waals surface area contributed by atoms with E-state index in [1.165, 1.54) is 0 Å². The number of benzene rings is 1. The molecule has 0 atom stereocenters. The number of rotatable bonds is 5. The van der Waals surface area contributed by atoms with Crippen molar-refractivity contribution in [3.63, 3.8) is 0 Å². The molecular formula is C14H16F3NO3. The third-order valence-corrected chi connectivity index (χ3v) is 3.13. The Bertz CT molecular complexity index is 537. The molecule has 0 spiro atoms. The second-order valence-corrected chi connectivity index (χ2v) is 4.60. The van der Waals surface area contributed by atoms with Gasteiger partial charge in [0.05, 0.1) is 11.1 Å². The second kappa shape index (κ2) is 6.60. The molecule has 0 saturated heterocycles. The number of hydrogen-bond acceptors (Lipinski definition) is 2. The molecule has 1 amide bonds. The molecule has 0 heterocycles. The monoisotopic (exact) mass is 303 g/mol. The summed E-state index contributed by atoms with van der Waals surface area (Å²) in [4.78, 5) is 22.8. The molecule has 1 rings (SSSR count). The van der Waals surface area contributed by atoms with Crippen LogP contribution in [0.1, 0.15) is 42.6 Å². The van der Waals surface area contributed by atoms with Crippen molar-refractivity contribution in [2.24, 2.45) is 5.92 Å². The Morgan fingerprint density at radius 1 is 1.19 bits per heavy atom. The zero-order chi connectivity index (χ0) is 16.2. The number of carboxylic acids is 1. The Morgan fingerprint density at radius 3 is 2.19 bits per heavy atom. The van der Waals surface area contributed by atoms with Crippen LogP contribution in [0.5, 0.6) is 0 Å². The highest BCUT2D eigenvalue weighted by Gasteiger charge is 2.32. The third-order valence-electron chi connectivity index (χ3n) is 3.13. The van der Waals surface area contributed by atoms with Crippen LogP contribution in [0.15, 0.2) is 18.2 Å². The first-order valence-corrected chi connectivity index (χ1v) is 6.45. The molecule has 0 aliphatic heterocycles. The van der Waals surface area contributed by atoms with Gasteiger partial charge in [-0.3, -0.25) is 4.79 Å². The fourth-order valence-electron chi connectivity index (χ4n) is 1.89. The van der Waals surface area contributed by atoms with Crippen LogP contribution >= 0.6 is 0 Å². The van der Waals surface area contributed by atoms with Crippen LogP contribution in [0.2, 0.25) is 0 Å². The van der Waals surface area contributed by atoms with Crippen molar-refractivity contribution >= 4 is 17.6 Å². The lowest BCUT2D eigenvalue weighted by Gasteiger charge is -2.15. The minimum atomic E-state index is -4.68. The zero-order valence-electron chi connectivity index (χ0n) is 11.6. The quantitative estimate of drug-likeness (QED) is 0.870. The van der Waals surface area contributed by atoms with Crippen molar-refractivity contribution in [1.29, 1.82) is 0 Å². The van der Waals surface area contributed by atoms with Gasteiger partial charge in [-0.05, 0) is 31.0 Å². The van der Waals surface area contributed by atoms with Gasteiger partial charge in [-0.2, -0.15) is 13.2 Å². The van der Waals surface area contributed by atoms with Gasteiger partial charge in [0, 0.05) is 11.6 Å². The summed E-state index contributed by atoms with van der Waals surface area (Å²) in [5.41, 5.74) is -1.80. The average Bonchev–Trinajstić information content (AvgIpc) is 2.38. The lowest BCUT2D eigenvalue weighted by molar-refractivity contribution is -0.137. The maximum atomic E-state index is 12.7. The van der Waals surface area contributed by atoms with Crippen molar-refractivity contribution in [3.8, 4) is 0 Å². The lowest BCUT2D eigenvalue weighted by atomic mass is 10.0. The molecule has 0 radical (unpaired) electrons. The predicted molar refractivity (Wildman–Crippen MR) is 71.1 cm³/mol. The Hall–Kier alpha value is -2.05. The molecule has 116 valence electrons. The predicted octanol–water partition coefficient (Wildman–Crippen LogP) is 3.78. The number of nitrogens with one attached hydrogen (secondary N) is 1. The summed E-state index contributed by atoms with van der Waals surface area (Å²) in [6.07, 6.45) is -3.58. The number of aromatic carboxylic acids is 1. The number of hydrogen-bond donors (Lipinski definition) is 2. The minimum Gasteiger partial charge on any atom is -0.478 e. The summed E-state index contributed by atoms with van der Waals surface area (Å²) in [7, 11) is 0. The fourth-order valence-corrected chi connectivity index (χ4v) is 1.89. The largest absolute Gasteiger partial charge is 0.478 e. The van der Waals surface area contributed by atoms with E-state index in [1.54, 1.807) is 13.8 Å².